The van der Waals surface area contributed by atoms with E-state index in [4.69, 9.17) is 4.42 Å². The predicted octanol–water partition coefficient (Wildman–Crippen LogP) is 3.21. The van der Waals surface area contributed by atoms with Crippen LogP contribution in [0, 0.1) is 0 Å². The second-order valence-corrected chi connectivity index (χ2v) is 8.15. The molecule has 3 rings (SSSR count). The summed E-state index contributed by atoms with van der Waals surface area (Å²) in [5.74, 6) is 0.871. The van der Waals surface area contributed by atoms with Crippen molar-refractivity contribution in [3.8, 4) is 0 Å². The fraction of sp³-hybridized carbons (Fsp3) is 0.571. The lowest BCUT2D eigenvalue weighted by Crippen LogP contribution is -2.49. The van der Waals surface area contributed by atoms with Crippen LogP contribution in [0.4, 0.5) is 6.01 Å². The van der Waals surface area contributed by atoms with E-state index in [9.17, 15) is 4.79 Å². The van der Waals surface area contributed by atoms with Gasteiger partial charge in [0.1, 0.15) is 0 Å². The van der Waals surface area contributed by atoms with Gasteiger partial charge in [0.15, 0.2) is 0 Å². The topological polar surface area (TPSA) is 62.5 Å². The standard InChI is InChI=1S/C21H30N4O2/c1-5-18-22-23-20(27-18)25-14-12-24(13-15-25)19(26)11-8-16-6-9-17(10-7-16)21(2,3)4/h6-7,9-10H,5,8,11-15H2,1-4H3. The Morgan fingerprint density at radius 1 is 1.07 bits per heavy atom. The molecular formula is C21H30N4O2. The summed E-state index contributed by atoms with van der Waals surface area (Å²) in [6, 6.07) is 9.21. The molecule has 0 unspecified atom stereocenters. The minimum absolute atomic E-state index is 0.157. The molecule has 0 N–H and O–H groups in total. The van der Waals surface area contributed by atoms with E-state index in [0.29, 0.717) is 31.4 Å². The van der Waals surface area contributed by atoms with E-state index in [0.717, 1.165) is 25.9 Å². The highest BCUT2D eigenvalue weighted by Gasteiger charge is 2.24. The van der Waals surface area contributed by atoms with Crippen LogP contribution in [-0.2, 0) is 23.1 Å². The molecular weight excluding hydrogens is 340 g/mol. The van der Waals surface area contributed by atoms with Crippen molar-refractivity contribution in [3.63, 3.8) is 0 Å². The monoisotopic (exact) mass is 370 g/mol. The number of hydrogen-bond donors (Lipinski definition) is 0. The first-order valence-corrected chi connectivity index (χ1v) is 9.81. The van der Waals surface area contributed by atoms with Gasteiger partial charge in [0.2, 0.25) is 11.8 Å². The SMILES string of the molecule is CCc1nnc(N2CCN(C(=O)CCc3ccc(C(C)(C)C)cc3)CC2)o1. The highest BCUT2D eigenvalue weighted by molar-refractivity contribution is 5.76. The highest BCUT2D eigenvalue weighted by Crippen LogP contribution is 2.22. The van der Waals surface area contributed by atoms with Crippen LogP contribution in [0.1, 0.15) is 51.1 Å². The Balaban J connectivity index is 1.47. The zero-order valence-electron chi connectivity index (χ0n) is 16.9. The molecule has 6 heteroatoms. The van der Waals surface area contributed by atoms with E-state index in [1.807, 2.05) is 11.8 Å². The molecule has 6 nitrogen and oxygen atoms in total. The first-order valence-electron chi connectivity index (χ1n) is 9.81. The zero-order chi connectivity index (χ0) is 19.4. The number of carbonyl (C=O) groups is 1. The van der Waals surface area contributed by atoms with Crippen molar-refractivity contribution in [2.24, 2.45) is 0 Å². The Bertz CT molecular complexity index is 753. The summed E-state index contributed by atoms with van der Waals surface area (Å²) in [7, 11) is 0. The summed E-state index contributed by atoms with van der Waals surface area (Å²) >= 11 is 0. The molecule has 0 radical (unpaired) electrons. The van der Waals surface area contributed by atoms with Crippen LogP contribution in [0.15, 0.2) is 28.7 Å². The van der Waals surface area contributed by atoms with Gasteiger partial charge in [-0.2, -0.15) is 0 Å². The summed E-state index contributed by atoms with van der Waals surface area (Å²) in [5.41, 5.74) is 2.69. The maximum atomic E-state index is 12.5. The molecule has 0 spiro atoms. The lowest BCUT2D eigenvalue weighted by Gasteiger charge is -2.33. The second-order valence-electron chi connectivity index (χ2n) is 8.15. The van der Waals surface area contributed by atoms with Crippen molar-refractivity contribution in [3.05, 3.63) is 41.3 Å². The van der Waals surface area contributed by atoms with Crippen molar-refractivity contribution in [1.82, 2.24) is 15.1 Å². The number of amides is 1. The number of hydrogen-bond acceptors (Lipinski definition) is 5. The predicted molar refractivity (Wildman–Crippen MR) is 106 cm³/mol. The van der Waals surface area contributed by atoms with Crippen LogP contribution in [0.2, 0.25) is 0 Å². The molecule has 1 saturated heterocycles. The maximum Gasteiger partial charge on any atom is 0.318 e. The summed E-state index contributed by atoms with van der Waals surface area (Å²) in [6.45, 7) is 11.5. The van der Waals surface area contributed by atoms with Gasteiger partial charge in [-0.15, -0.1) is 5.10 Å². The second kappa shape index (κ2) is 8.11. The lowest BCUT2D eigenvalue weighted by atomic mass is 9.86. The molecule has 1 amide bonds. The fourth-order valence-corrected chi connectivity index (χ4v) is 3.24. The quantitative estimate of drug-likeness (QED) is 0.809. The van der Waals surface area contributed by atoms with Crippen molar-refractivity contribution in [1.29, 1.82) is 0 Å². The molecule has 1 aliphatic heterocycles. The van der Waals surface area contributed by atoms with Crippen LogP contribution in [0.25, 0.3) is 0 Å². The van der Waals surface area contributed by atoms with Crippen LogP contribution in [-0.4, -0.2) is 47.2 Å². The van der Waals surface area contributed by atoms with Gasteiger partial charge in [0, 0.05) is 39.0 Å². The van der Waals surface area contributed by atoms with Crippen LogP contribution < -0.4 is 4.90 Å². The Morgan fingerprint density at radius 3 is 2.30 bits per heavy atom. The number of anilines is 1. The number of piperazine rings is 1. The first kappa shape index (κ1) is 19.4. The number of benzene rings is 1. The molecule has 2 heterocycles. The smallest absolute Gasteiger partial charge is 0.318 e. The van der Waals surface area contributed by atoms with Gasteiger partial charge in [-0.05, 0) is 23.0 Å². The summed E-state index contributed by atoms with van der Waals surface area (Å²) in [6.07, 6.45) is 2.07. The molecule has 0 saturated carbocycles. The number of nitrogens with zero attached hydrogens (tertiary/aromatic N) is 4. The van der Waals surface area contributed by atoms with E-state index < -0.39 is 0 Å². The van der Waals surface area contributed by atoms with Gasteiger partial charge in [-0.25, -0.2) is 0 Å². The van der Waals surface area contributed by atoms with Crippen molar-refractivity contribution >= 4 is 11.9 Å². The summed E-state index contributed by atoms with van der Waals surface area (Å²) in [4.78, 5) is 16.5. The van der Waals surface area contributed by atoms with Crippen molar-refractivity contribution < 1.29 is 9.21 Å². The number of aromatic nitrogens is 2. The summed E-state index contributed by atoms with van der Waals surface area (Å²) in [5, 5.41) is 8.10. The van der Waals surface area contributed by atoms with Gasteiger partial charge in [0.05, 0.1) is 0 Å². The van der Waals surface area contributed by atoms with Gasteiger partial charge in [0.25, 0.3) is 0 Å². The molecule has 1 aromatic heterocycles. The number of aryl methyl sites for hydroxylation is 2. The normalized spacial score (nSPS) is 15.3. The molecule has 1 fully saturated rings. The van der Waals surface area contributed by atoms with Crippen molar-refractivity contribution in [2.75, 3.05) is 31.1 Å². The van der Waals surface area contributed by atoms with E-state index >= 15 is 0 Å². The number of rotatable bonds is 5. The van der Waals surface area contributed by atoms with Crippen LogP contribution >= 0.6 is 0 Å². The van der Waals surface area contributed by atoms with E-state index in [-0.39, 0.29) is 11.3 Å². The van der Waals surface area contributed by atoms with E-state index in [2.05, 4.69) is 60.1 Å². The van der Waals surface area contributed by atoms with Crippen molar-refractivity contribution in [2.45, 2.75) is 52.4 Å². The van der Waals surface area contributed by atoms with Crippen LogP contribution in [0.5, 0.6) is 0 Å². The Hall–Kier alpha value is -2.37. The van der Waals surface area contributed by atoms with E-state index in [1.165, 1.54) is 11.1 Å². The molecule has 146 valence electrons. The van der Waals surface area contributed by atoms with Gasteiger partial charge in [-0.1, -0.05) is 57.1 Å². The Labute approximate surface area is 161 Å². The first-order chi connectivity index (χ1) is 12.9. The average molecular weight is 370 g/mol. The highest BCUT2D eigenvalue weighted by atomic mass is 16.4. The molecule has 0 atom stereocenters. The van der Waals surface area contributed by atoms with Gasteiger partial charge in [-0.3, -0.25) is 4.79 Å². The lowest BCUT2D eigenvalue weighted by molar-refractivity contribution is -0.131. The minimum atomic E-state index is 0.157. The third-order valence-electron chi connectivity index (χ3n) is 5.11. The molecule has 2 aromatic rings. The number of carbonyl (C=O) groups excluding carboxylic acids is 1. The summed E-state index contributed by atoms with van der Waals surface area (Å²) < 4.78 is 5.61. The molecule has 0 aliphatic carbocycles. The minimum Gasteiger partial charge on any atom is -0.408 e. The van der Waals surface area contributed by atoms with Gasteiger partial charge < -0.3 is 14.2 Å². The maximum absolute atomic E-state index is 12.5. The fourth-order valence-electron chi connectivity index (χ4n) is 3.24. The molecule has 27 heavy (non-hydrogen) atoms. The molecule has 1 aliphatic rings. The Morgan fingerprint density at radius 2 is 1.74 bits per heavy atom. The third-order valence-corrected chi connectivity index (χ3v) is 5.11. The molecule has 1 aromatic carbocycles. The Kier molecular flexibility index (Phi) is 5.82. The van der Waals surface area contributed by atoms with E-state index in [1.54, 1.807) is 0 Å². The zero-order valence-corrected chi connectivity index (χ0v) is 16.9. The molecule has 0 bridgehead atoms. The van der Waals surface area contributed by atoms with Crippen LogP contribution in [0.3, 0.4) is 0 Å². The van der Waals surface area contributed by atoms with Gasteiger partial charge >= 0.3 is 6.01 Å². The average Bonchev–Trinajstić information content (AvgIpc) is 3.15. The third kappa shape index (κ3) is 4.87. The largest absolute Gasteiger partial charge is 0.408 e.